The predicted octanol–water partition coefficient (Wildman–Crippen LogP) is 3.24. The van der Waals surface area contributed by atoms with Crippen LogP contribution >= 0.6 is 23.1 Å². The lowest BCUT2D eigenvalue weighted by molar-refractivity contribution is -0.113. The number of amides is 2. The predicted molar refractivity (Wildman–Crippen MR) is 129 cm³/mol. The van der Waals surface area contributed by atoms with Gasteiger partial charge in [0.15, 0.2) is 11.0 Å². The van der Waals surface area contributed by atoms with Crippen LogP contribution in [0, 0.1) is 12.7 Å². The molecule has 0 unspecified atom stereocenters. The number of nitrogens with one attached hydrogen (secondary N) is 2. The number of aromatic nitrogens is 5. The molecule has 0 aliphatic rings. The first-order valence-corrected chi connectivity index (χ1v) is 12.1. The fourth-order valence-electron chi connectivity index (χ4n) is 3.08. The van der Waals surface area contributed by atoms with Crippen molar-refractivity contribution in [2.45, 2.75) is 18.6 Å². The standard InChI is InChI=1S/C22H20FN7O3S2/c1-13-26-28-21(35-13)25-19(31)12-34-22-29-27-18(30(22)15-9-7-14(23)8-10-15)11-24-20(32)16-5-3-4-6-17(16)33-2/h3-10H,11-12H2,1-2H3,(H,24,32)(H,25,28,31). The van der Waals surface area contributed by atoms with Gasteiger partial charge in [-0.05, 0) is 43.3 Å². The Labute approximate surface area is 207 Å². The van der Waals surface area contributed by atoms with E-state index in [0.717, 1.165) is 16.8 Å². The van der Waals surface area contributed by atoms with Crippen molar-refractivity contribution in [1.29, 1.82) is 0 Å². The molecular formula is C22H20FN7O3S2. The number of hydrogen-bond donors (Lipinski definition) is 2. The highest BCUT2D eigenvalue weighted by Gasteiger charge is 2.18. The van der Waals surface area contributed by atoms with Crippen LogP contribution in [0.2, 0.25) is 0 Å². The lowest BCUT2D eigenvalue weighted by Crippen LogP contribution is -2.25. The Balaban J connectivity index is 1.51. The van der Waals surface area contributed by atoms with Gasteiger partial charge in [-0.2, -0.15) is 0 Å². The molecule has 180 valence electrons. The van der Waals surface area contributed by atoms with Crippen LogP contribution in [0.25, 0.3) is 5.69 Å². The summed E-state index contributed by atoms with van der Waals surface area (Å²) in [6.07, 6.45) is 0. The summed E-state index contributed by atoms with van der Waals surface area (Å²) in [5, 5.41) is 23.2. The topological polar surface area (TPSA) is 124 Å². The first-order chi connectivity index (χ1) is 16.9. The lowest BCUT2D eigenvalue weighted by atomic mass is 10.2. The zero-order chi connectivity index (χ0) is 24.8. The van der Waals surface area contributed by atoms with E-state index in [2.05, 4.69) is 31.0 Å². The van der Waals surface area contributed by atoms with Crippen LogP contribution in [0.5, 0.6) is 5.75 Å². The number of thioether (sulfide) groups is 1. The number of nitrogens with zero attached hydrogens (tertiary/aromatic N) is 5. The van der Waals surface area contributed by atoms with Gasteiger partial charge in [0.05, 0.1) is 25.0 Å². The van der Waals surface area contributed by atoms with Crippen LogP contribution < -0.4 is 15.4 Å². The second kappa shape index (κ2) is 11.1. The second-order valence-electron chi connectivity index (χ2n) is 7.06. The molecule has 0 saturated carbocycles. The van der Waals surface area contributed by atoms with Crippen molar-refractivity contribution in [3.63, 3.8) is 0 Å². The summed E-state index contributed by atoms with van der Waals surface area (Å²) in [7, 11) is 1.49. The van der Waals surface area contributed by atoms with Gasteiger partial charge in [0.25, 0.3) is 5.91 Å². The molecule has 4 rings (SSSR count). The zero-order valence-electron chi connectivity index (χ0n) is 18.7. The fraction of sp³-hybridized carbons (Fsp3) is 0.182. The molecule has 35 heavy (non-hydrogen) atoms. The maximum absolute atomic E-state index is 13.5. The van der Waals surface area contributed by atoms with Crippen molar-refractivity contribution in [1.82, 2.24) is 30.3 Å². The van der Waals surface area contributed by atoms with Gasteiger partial charge in [-0.3, -0.25) is 19.5 Å². The molecular weight excluding hydrogens is 493 g/mol. The van der Waals surface area contributed by atoms with E-state index >= 15 is 0 Å². The van der Waals surface area contributed by atoms with E-state index in [4.69, 9.17) is 4.74 Å². The Bertz CT molecular complexity index is 1340. The maximum Gasteiger partial charge on any atom is 0.255 e. The molecule has 0 atom stereocenters. The van der Waals surface area contributed by atoms with E-state index in [1.807, 2.05) is 0 Å². The number of carbonyl (C=O) groups is 2. The van der Waals surface area contributed by atoms with Gasteiger partial charge in [0.2, 0.25) is 11.0 Å². The number of ether oxygens (including phenoxy) is 1. The number of aryl methyl sites for hydroxylation is 1. The average molecular weight is 514 g/mol. The second-order valence-corrected chi connectivity index (χ2v) is 9.18. The van der Waals surface area contributed by atoms with Crippen molar-refractivity contribution in [2.75, 3.05) is 18.2 Å². The number of para-hydroxylation sites is 1. The summed E-state index contributed by atoms with van der Waals surface area (Å²) in [5.41, 5.74) is 0.960. The first-order valence-electron chi connectivity index (χ1n) is 10.3. The summed E-state index contributed by atoms with van der Waals surface area (Å²) in [5.74, 6) is -0.150. The minimum Gasteiger partial charge on any atom is -0.496 e. The third kappa shape index (κ3) is 6.00. The van der Waals surface area contributed by atoms with E-state index in [0.29, 0.717) is 33.1 Å². The normalized spacial score (nSPS) is 10.7. The molecule has 0 aliphatic heterocycles. The van der Waals surface area contributed by atoms with Crippen molar-refractivity contribution >= 4 is 40.0 Å². The summed E-state index contributed by atoms with van der Waals surface area (Å²) >= 11 is 2.42. The Morgan fingerprint density at radius 3 is 2.57 bits per heavy atom. The highest BCUT2D eigenvalue weighted by molar-refractivity contribution is 7.99. The Morgan fingerprint density at radius 1 is 1.09 bits per heavy atom. The first kappa shape index (κ1) is 24.3. The molecule has 2 amide bonds. The Hall–Kier alpha value is -3.84. The number of halogens is 1. The fourth-order valence-corrected chi connectivity index (χ4v) is 4.46. The largest absolute Gasteiger partial charge is 0.496 e. The molecule has 13 heteroatoms. The Morgan fingerprint density at radius 2 is 1.86 bits per heavy atom. The smallest absolute Gasteiger partial charge is 0.255 e. The molecule has 0 bridgehead atoms. The molecule has 2 heterocycles. The summed E-state index contributed by atoms with van der Waals surface area (Å²) in [6, 6.07) is 12.6. The van der Waals surface area contributed by atoms with E-state index in [-0.39, 0.29) is 24.1 Å². The van der Waals surface area contributed by atoms with Crippen molar-refractivity contribution in [3.8, 4) is 11.4 Å². The van der Waals surface area contributed by atoms with Crippen molar-refractivity contribution < 1.29 is 18.7 Å². The van der Waals surface area contributed by atoms with Gasteiger partial charge in [-0.1, -0.05) is 35.2 Å². The maximum atomic E-state index is 13.5. The van der Waals surface area contributed by atoms with Crippen LogP contribution in [0.1, 0.15) is 21.2 Å². The number of benzene rings is 2. The number of methoxy groups -OCH3 is 1. The van der Waals surface area contributed by atoms with Gasteiger partial charge in [-0.15, -0.1) is 20.4 Å². The third-order valence-corrected chi connectivity index (χ3v) is 6.33. The number of rotatable bonds is 9. The summed E-state index contributed by atoms with van der Waals surface area (Å²) in [6.45, 7) is 1.83. The molecule has 0 spiro atoms. The molecule has 0 fully saturated rings. The number of carbonyl (C=O) groups excluding carboxylic acids is 2. The van der Waals surface area contributed by atoms with Crippen LogP contribution in [-0.4, -0.2) is 49.6 Å². The molecule has 4 aromatic rings. The van der Waals surface area contributed by atoms with Crippen LogP contribution in [0.4, 0.5) is 9.52 Å². The molecule has 2 aromatic carbocycles. The van der Waals surface area contributed by atoms with Gasteiger partial charge < -0.3 is 10.1 Å². The van der Waals surface area contributed by atoms with Gasteiger partial charge in [0.1, 0.15) is 16.6 Å². The summed E-state index contributed by atoms with van der Waals surface area (Å²) in [4.78, 5) is 25.1. The van der Waals surface area contributed by atoms with Crippen molar-refractivity contribution in [3.05, 3.63) is 70.7 Å². The molecule has 2 aromatic heterocycles. The molecule has 10 nitrogen and oxygen atoms in total. The lowest BCUT2D eigenvalue weighted by Gasteiger charge is -2.12. The van der Waals surface area contributed by atoms with Crippen LogP contribution in [0.15, 0.2) is 53.7 Å². The minimum absolute atomic E-state index is 0.0333. The number of hydrogen-bond acceptors (Lipinski definition) is 9. The van der Waals surface area contributed by atoms with E-state index in [9.17, 15) is 14.0 Å². The van der Waals surface area contributed by atoms with Crippen LogP contribution in [-0.2, 0) is 11.3 Å². The average Bonchev–Trinajstić information content (AvgIpc) is 3.47. The summed E-state index contributed by atoms with van der Waals surface area (Å²) < 4.78 is 20.4. The number of anilines is 1. The monoisotopic (exact) mass is 513 g/mol. The third-order valence-electron chi connectivity index (χ3n) is 4.65. The minimum atomic E-state index is -0.395. The Kier molecular flexibility index (Phi) is 7.67. The van der Waals surface area contributed by atoms with Gasteiger partial charge >= 0.3 is 0 Å². The van der Waals surface area contributed by atoms with Crippen molar-refractivity contribution in [2.24, 2.45) is 0 Å². The van der Waals surface area contributed by atoms with Gasteiger partial charge in [0, 0.05) is 5.69 Å². The molecule has 2 N–H and O–H groups in total. The van der Waals surface area contributed by atoms with E-state index in [1.165, 1.54) is 30.6 Å². The zero-order valence-corrected chi connectivity index (χ0v) is 20.3. The van der Waals surface area contributed by atoms with Crippen LogP contribution in [0.3, 0.4) is 0 Å². The highest BCUT2D eigenvalue weighted by Crippen LogP contribution is 2.24. The molecule has 0 aliphatic carbocycles. The molecule has 0 radical (unpaired) electrons. The van der Waals surface area contributed by atoms with Gasteiger partial charge in [-0.25, -0.2) is 4.39 Å². The van der Waals surface area contributed by atoms with E-state index in [1.54, 1.807) is 47.9 Å². The molecule has 0 saturated heterocycles. The quantitative estimate of drug-likeness (QED) is 0.327. The highest BCUT2D eigenvalue weighted by atomic mass is 32.2. The SMILES string of the molecule is COc1ccccc1C(=O)NCc1nnc(SCC(=O)Nc2nnc(C)s2)n1-c1ccc(F)cc1. The van der Waals surface area contributed by atoms with E-state index < -0.39 is 5.82 Å².